The van der Waals surface area contributed by atoms with Gasteiger partial charge in [0.05, 0.1) is 0 Å². The van der Waals surface area contributed by atoms with Crippen LogP contribution in [-0.4, -0.2) is 38.1 Å². The van der Waals surface area contributed by atoms with Gasteiger partial charge in [0.15, 0.2) is 0 Å². The number of halogens is 1. The Kier molecular flexibility index (Phi) is 4.53. The number of amides is 1. The Morgan fingerprint density at radius 2 is 1.65 bits per heavy atom. The number of benzene rings is 2. The van der Waals surface area contributed by atoms with E-state index in [4.69, 9.17) is 0 Å². The third-order valence-corrected chi connectivity index (χ3v) is 5.21. The summed E-state index contributed by atoms with van der Waals surface area (Å²) in [5, 5.41) is 0. The number of carbonyl (C=O) groups excluding carboxylic acids is 1. The van der Waals surface area contributed by atoms with Gasteiger partial charge in [-0.25, -0.2) is 0 Å². The van der Waals surface area contributed by atoms with Crippen LogP contribution < -0.4 is 4.90 Å². The first-order valence-electron chi connectivity index (χ1n) is 7.13. The van der Waals surface area contributed by atoms with E-state index in [9.17, 15) is 4.79 Å². The van der Waals surface area contributed by atoms with E-state index < -0.39 is 0 Å². The number of anilines is 1. The number of aryl methyl sites for hydroxylation is 1. The third kappa shape index (κ3) is 3.18. The summed E-state index contributed by atoms with van der Waals surface area (Å²) in [7, 11) is 1.89. The molecule has 1 saturated heterocycles. The van der Waals surface area contributed by atoms with Crippen LogP contribution in [0.1, 0.15) is 11.1 Å². The Balaban J connectivity index is 1.97. The fourth-order valence-corrected chi connectivity index (χ4v) is 3.26. The van der Waals surface area contributed by atoms with E-state index in [0.717, 1.165) is 20.4 Å². The van der Waals surface area contributed by atoms with Gasteiger partial charge in [0.25, 0.3) is 0 Å². The molecule has 23 heavy (non-hydrogen) atoms. The van der Waals surface area contributed by atoms with E-state index in [2.05, 4.69) is 31.5 Å². The normalized spacial score (nSPS) is 16.6. The maximum absolute atomic E-state index is 12.8. The van der Waals surface area contributed by atoms with E-state index in [0.29, 0.717) is 5.70 Å². The summed E-state index contributed by atoms with van der Waals surface area (Å²) in [6, 6.07) is 15.8. The molecule has 0 spiro atoms. The molecule has 0 bridgehead atoms. The first kappa shape index (κ1) is 16.2. The monoisotopic (exact) mass is 434 g/mol. The molecule has 3 nitrogen and oxygen atoms in total. The first-order valence-corrected chi connectivity index (χ1v) is 8.78. The summed E-state index contributed by atoms with van der Waals surface area (Å²) in [5.74, 6) is -0.0342. The molecule has 2 aromatic carbocycles. The number of likely N-dealkylation sites (N-methyl/N-ethyl adjacent to an activating group) is 1. The van der Waals surface area contributed by atoms with Crippen LogP contribution in [0.4, 0.5) is 5.69 Å². The minimum atomic E-state index is -0.0342. The second-order valence-electron chi connectivity index (χ2n) is 5.40. The predicted molar refractivity (Wildman–Crippen MR) is 99.3 cm³/mol. The summed E-state index contributed by atoms with van der Waals surface area (Å²) >= 11 is 6.43. The van der Waals surface area contributed by atoms with Gasteiger partial charge < -0.3 is 0 Å². The molecular formula is C18H15BrN2OSe. The molecule has 0 saturated carbocycles. The molecule has 0 aliphatic carbocycles. The van der Waals surface area contributed by atoms with Crippen LogP contribution in [0, 0.1) is 6.92 Å². The van der Waals surface area contributed by atoms with Gasteiger partial charge in [-0.3, -0.25) is 0 Å². The molecule has 1 amide bonds. The van der Waals surface area contributed by atoms with Crippen LogP contribution in [0.2, 0.25) is 0 Å². The minimum absolute atomic E-state index is 0.0342. The van der Waals surface area contributed by atoms with Crippen molar-refractivity contribution in [3.8, 4) is 0 Å². The standard InChI is InChI=1S/C18H15BrN2OSe/c1-12-3-9-15(10-4-12)21-17(22)16(20(2)18(21)23)11-13-5-7-14(19)8-6-13/h3-11H,1-2H3/b16-11+. The van der Waals surface area contributed by atoms with E-state index >= 15 is 0 Å². The number of hydrogen-bond acceptors (Lipinski definition) is 2. The van der Waals surface area contributed by atoms with Gasteiger partial charge in [-0.05, 0) is 0 Å². The van der Waals surface area contributed by atoms with Crippen molar-refractivity contribution in [3.05, 3.63) is 69.8 Å². The summed E-state index contributed by atoms with van der Waals surface area (Å²) in [5.41, 5.74) is 3.66. The third-order valence-electron chi connectivity index (χ3n) is 3.73. The van der Waals surface area contributed by atoms with E-state index in [1.54, 1.807) is 4.90 Å². The van der Waals surface area contributed by atoms with Crippen molar-refractivity contribution in [2.24, 2.45) is 0 Å². The van der Waals surface area contributed by atoms with Gasteiger partial charge in [-0.15, -0.1) is 0 Å². The van der Waals surface area contributed by atoms with Crippen molar-refractivity contribution in [3.63, 3.8) is 0 Å². The summed E-state index contributed by atoms with van der Waals surface area (Å²) < 4.78 is 1.80. The van der Waals surface area contributed by atoms with Crippen molar-refractivity contribution >= 4 is 53.8 Å². The van der Waals surface area contributed by atoms with E-state index in [1.165, 1.54) is 5.56 Å². The van der Waals surface area contributed by atoms with Crippen molar-refractivity contribution < 1.29 is 4.79 Å². The summed E-state index contributed by atoms with van der Waals surface area (Å²) in [4.78, 5) is 16.4. The second kappa shape index (κ2) is 6.44. The van der Waals surface area contributed by atoms with Gasteiger partial charge >= 0.3 is 152 Å². The molecule has 3 rings (SSSR count). The van der Waals surface area contributed by atoms with Crippen LogP contribution in [0.5, 0.6) is 0 Å². The number of hydrogen-bond donors (Lipinski definition) is 0. The van der Waals surface area contributed by atoms with Crippen LogP contribution in [0.3, 0.4) is 0 Å². The zero-order valence-corrected chi connectivity index (χ0v) is 16.1. The van der Waals surface area contributed by atoms with Crippen LogP contribution in [0.25, 0.3) is 6.08 Å². The van der Waals surface area contributed by atoms with Crippen LogP contribution in [0.15, 0.2) is 58.7 Å². The quantitative estimate of drug-likeness (QED) is 0.535. The van der Waals surface area contributed by atoms with Gasteiger partial charge in [0.1, 0.15) is 0 Å². The maximum atomic E-state index is 12.8. The molecule has 5 heteroatoms. The van der Waals surface area contributed by atoms with Gasteiger partial charge in [-0.2, -0.15) is 0 Å². The zero-order chi connectivity index (χ0) is 16.6. The molecule has 0 aromatic heterocycles. The Morgan fingerprint density at radius 1 is 1.04 bits per heavy atom. The molecule has 116 valence electrons. The van der Waals surface area contributed by atoms with Crippen molar-refractivity contribution in [1.82, 2.24) is 4.90 Å². The topological polar surface area (TPSA) is 23.6 Å². The van der Waals surface area contributed by atoms with Gasteiger partial charge in [0, 0.05) is 0 Å². The molecule has 0 N–H and O–H groups in total. The molecule has 1 heterocycles. The molecule has 1 aliphatic heterocycles. The molecule has 2 aromatic rings. The van der Waals surface area contributed by atoms with Gasteiger partial charge in [-0.1, -0.05) is 0 Å². The van der Waals surface area contributed by atoms with Crippen molar-refractivity contribution in [1.29, 1.82) is 0 Å². The number of rotatable bonds is 2. The Morgan fingerprint density at radius 3 is 2.26 bits per heavy atom. The Labute approximate surface area is 152 Å². The Hall–Kier alpha value is -1.68. The molecule has 0 atom stereocenters. The summed E-state index contributed by atoms with van der Waals surface area (Å²) in [6.45, 7) is 2.03. The molecule has 0 radical (unpaired) electrons. The predicted octanol–water partition coefficient (Wildman–Crippen LogP) is 3.33. The zero-order valence-electron chi connectivity index (χ0n) is 12.8. The van der Waals surface area contributed by atoms with E-state index in [-0.39, 0.29) is 5.91 Å². The Bertz CT molecular complexity index is 797. The fraction of sp³-hybridized carbons (Fsp3) is 0.111. The molecular weight excluding hydrogens is 419 g/mol. The van der Waals surface area contributed by atoms with Crippen molar-refractivity contribution in [2.45, 2.75) is 6.92 Å². The molecule has 1 fully saturated rings. The van der Waals surface area contributed by atoms with Crippen LogP contribution in [-0.2, 0) is 4.79 Å². The van der Waals surface area contributed by atoms with E-state index in [1.807, 2.05) is 73.5 Å². The SMILES string of the molecule is Cc1ccc(N2C(=O)/C(=C\c3ccc(Br)cc3)N(C)C2=[Se])cc1. The number of carbonyl (C=O) groups is 1. The van der Waals surface area contributed by atoms with Gasteiger partial charge in [0.2, 0.25) is 0 Å². The first-order chi connectivity index (χ1) is 11.0. The van der Waals surface area contributed by atoms with Crippen molar-refractivity contribution in [2.75, 3.05) is 11.9 Å². The second-order valence-corrected chi connectivity index (χ2v) is 7.08. The van der Waals surface area contributed by atoms with Crippen LogP contribution >= 0.6 is 15.9 Å². The fourth-order valence-electron chi connectivity index (χ4n) is 2.39. The summed E-state index contributed by atoms with van der Waals surface area (Å²) in [6.07, 6.45) is 1.90. The average Bonchev–Trinajstić information content (AvgIpc) is 2.74. The number of nitrogens with zero attached hydrogens (tertiary/aromatic N) is 2. The average molecular weight is 434 g/mol. The molecule has 1 aliphatic rings. The molecule has 0 unspecified atom stereocenters.